The highest BCUT2D eigenvalue weighted by Crippen LogP contribution is 2.28. The highest BCUT2D eigenvalue weighted by molar-refractivity contribution is 7.90. The second kappa shape index (κ2) is 10.0. The van der Waals surface area contributed by atoms with Crippen molar-refractivity contribution in [2.24, 2.45) is 5.92 Å². The highest BCUT2D eigenvalue weighted by Gasteiger charge is 2.23. The molecule has 0 bridgehead atoms. The number of aromatic nitrogens is 5. The number of sulfone groups is 1. The van der Waals surface area contributed by atoms with E-state index < -0.39 is 9.84 Å². The van der Waals surface area contributed by atoms with Gasteiger partial charge in [0.1, 0.15) is 12.1 Å². The molecular formula is C25H27N7O3S. The number of nitrogens with one attached hydrogen (secondary N) is 2. The fourth-order valence-electron chi connectivity index (χ4n) is 4.52. The molecule has 1 aromatic carbocycles. The molecule has 0 spiro atoms. The van der Waals surface area contributed by atoms with Gasteiger partial charge >= 0.3 is 0 Å². The second-order valence-corrected chi connectivity index (χ2v) is 11.1. The number of anilines is 1. The largest absolute Gasteiger partial charge is 0.367 e. The monoisotopic (exact) mass is 505 g/mol. The SMILES string of the molecule is CS(=O)(=O)c1ccc(-n2ncc3c(N[C@H]4CC[C@@H](CNC(=O)c5cccnc5)CC4)ncnc32)cc1. The maximum absolute atomic E-state index is 12.3. The molecule has 0 aliphatic heterocycles. The Morgan fingerprint density at radius 3 is 2.53 bits per heavy atom. The van der Waals surface area contributed by atoms with Crippen LogP contribution >= 0.6 is 0 Å². The molecule has 11 heteroatoms. The summed E-state index contributed by atoms with van der Waals surface area (Å²) < 4.78 is 25.2. The van der Waals surface area contributed by atoms with Crippen molar-refractivity contribution >= 4 is 32.6 Å². The molecule has 0 saturated heterocycles. The molecule has 1 amide bonds. The molecule has 10 nitrogen and oxygen atoms in total. The number of amides is 1. The molecule has 186 valence electrons. The Labute approximate surface area is 209 Å². The van der Waals surface area contributed by atoms with Crippen LogP contribution in [-0.4, -0.2) is 57.9 Å². The number of rotatable bonds is 7. The molecule has 1 aliphatic rings. The van der Waals surface area contributed by atoms with E-state index in [9.17, 15) is 13.2 Å². The van der Waals surface area contributed by atoms with E-state index in [-0.39, 0.29) is 16.8 Å². The smallest absolute Gasteiger partial charge is 0.252 e. The summed E-state index contributed by atoms with van der Waals surface area (Å²) in [6, 6.07) is 10.4. The minimum absolute atomic E-state index is 0.0882. The van der Waals surface area contributed by atoms with E-state index in [1.807, 2.05) is 0 Å². The number of benzene rings is 1. The van der Waals surface area contributed by atoms with Crippen LogP contribution in [0.4, 0.5) is 5.82 Å². The molecule has 0 radical (unpaired) electrons. The molecule has 2 N–H and O–H groups in total. The molecule has 3 heterocycles. The summed E-state index contributed by atoms with van der Waals surface area (Å²) in [5, 5.41) is 11.8. The molecule has 36 heavy (non-hydrogen) atoms. The quantitative estimate of drug-likeness (QED) is 0.392. The van der Waals surface area contributed by atoms with Crippen molar-refractivity contribution in [2.75, 3.05) is 18.1 Å². The fraction of sp³-hybridized carbons (Fsp3) is 0.320. The molecule has 3 aromatic heterocycles. The zero-order valence-electron chi connectivity index (χ0n) is 19.8. The Kier molecular flexibility index (Phi) is 6.64. The van der Waals surface area contributed by atoms with Gasteiger partial charge in [-0.15, -0.1) is 0 Å². The normalized spacial score (nSPS) is 18.1. The van der Waals surface area contributed by atoms with E-state index in [2.05, 4.69) is 30.7 Å². The third-order valence-electron chi connectivity index (χ3n) is 6.54. The predicted molar refractivity (Wildman–Crippen MR) is 136 cm³/mol. The highest BCUT2D eigenvalue weighted by atomic mass is 32.2. The average Bonchev–Trinajstić information content (AvgIpc) is 3.33. The Bertz CT molecular complexity index is 1460. The van der Waals surface area contributed by atoms with Crippen molar-refractivity contribution < 1.29 is 13.2 Å². The predicted octanol–water partition coefficient (Wildman–Crippen LogP) is 3.01. The molecule has 4 aromatic rings. The molecule has 1 aliphatic carbocycles. The van der Waals surface area contributed by atoms with Crippen LogP contribution in [0.25, 0.3) is 16.7 Å². The van der Waals surface area contributed by atoms with Crippen molar-refractivity contribution in [3.8, 4) is 5.69 Å². The maximum atomic E-state index is 12.3. The summed E-state index contributed by atoms with van der Waals surface area (Å²) in [6.07, 6.45) is 11.6. The van der Waals surface area contributed by atoms with Crippen LogP contribution in [0, 0.1) is 5.92 Å². The lowest BCUT2D eigenvalue weighted by atomic mass is 9.86. The van der Waals surface area contributed by atoms with Gasteiger partial charge < -0.3 is 10.6 Å². The van der Waals surface area contributed by atoms with Crippen LogP contribution < -0.4 is 10.6 Å². The zero-order valence-corrected chi connectivity index (χ0v) is 20.6. The van der Waals surface area contributed by atoms with Crippen molar-refractivity contribution in [3.63, 3.8) is 0 Å². The van der Waals surface area contributed by atoms with E-state index in [1.54, 1.807) is 59.7 Å². The molecule has 5 rings (SSSR count). The standard InChI is InChI=1S/C25H27N7O3S/c1-36(34,35)21-10-8-20(9-11-21)32-24-22(15-30-32)23(28-16-29-24)31-19-6-4-17(5-7-19)13-27-25(33)18-3-2-12-26-14-18/h2-3,8-12,14-17,19H,4-7,13H2,1H3,(H,27,33)(H,28,29,31)/t17-,19+. The van der Waals surface area contributed by atoms with Crippen molar-refractivity contribution in [1.29, 1.82) is 0 Å². The first-order valence-electron chi connectivity index (χ1n) is 11.8. The molecule has 0 atom stereocenters. The van der Waals surface area contributed by atoms with E-state index in [4.69, 9.17) is 0 Å². The van der Waals surface area contributed by atoms with Crippen LogP contribution in [0.1, 0.15) is 36.0 Å². The Hall–Kier alpha value is -3.86. The van der Waals surface area contributed by atoms with Crippen LogP contribution in [0.5, 0.6) is 0 Å². The van der Waals surface area contributed by atoms with Gasteiger partial charge in [0.2, 0.25) is 0 Å². The average molecular weight is 506 g/mol. The molecule has 1 saturated carbocycles. The first-order chi connectivity index (χ1) is 17.4. The minimum atomic E-state index is -3.27. The topological polar surface area (TPSA) is 132 Å². The third-order valence-corrected chi connectivity index (χ3v) is 7.67. The number of pyridine rings is 1. The number of fused-ring (bicyclic) bond motifs is 1. The summed E-state index contributed by atoms with van der Waals surface area (Å²) in [5.41, 5.74) is 1.94. The van der Waals surface area contributed by atoms with Crippen molar-refractivity contribution in [1.82, 2.24) is 30.0 Å². The summed E-state index contributed by atoms with van der Waals surface area (Å²) in [5.74, 6) is 1.08. The summed E-state index contributed by atoms with van der Waals surface area (Å²) in [6.45, 7) is 0.656. The number of nitrogens with zero attached hydrogens (tertiary/aromatic N) is 5. The fourth-order valence-corrected chi connectivity index (χ4v) is 5.15. The maximum Gasteiger partial charge on any atom is 0.252 e. The van der Waals surface area contributed by atoms with Crippen molar-refractivity contribution in [2.45, 2.75) is 36.6 Å². The van der Waals surface area contributed by atoms with Gasteiger partial charge in [-0.05, 0) is 68.0 Å². The van der Waals surface area contributed by atoms with Crippen LogP contribution in [0.3, 0.4) is 0 Å². The van der Waals surface area contributed by atoms with Gasteiger partial charge in [0.05, 0.1) is 27.7 Å². The van der Waals surface area contributed by atoms with Gasteiger partial charge in [0.25, 0.3) is 5.91 Å². The van der Waals surface area contributed by atoms with Gasteiger partial charge in [-0.3, -0.25) is 9.78 Å². The Balaban J connectivity index is 1.21. The van der Waals surface area contributed by atoms with Gasteiger partial charge in [-0.25, -0.2) is 23.1 Å². The lowest BCUT2D eigenvalue weighted by Crippen LogP contribution is -2.34. The van der Waals surface area contributed by atoms with E-state index >= 15 is 0 Å². The van der Waals surface area contributed by atoms with Gasteiger partial charge in [-0.1, -0.05) is 0 Å². The first kappa shape index (κ1) is 23.9. The summed E-state index contributed by atoms with van der Waals surface area (Å²) in [7, 11) is -3.27. The van der Waals surface area contributed by atoms with E-state index in [1.165, 1.54) is 12.6 Å². The van der Waals surface area contributed by atoms with E-state index in [0.29, 0.717) is 23.7 Å². The van der Waals surface area contributed by atoms with Gasteiger partial charge in [0, 0.05) is 31.2 Å². The Morgan fingerprint density at radius 1 is 1.06 bits per heavy atom. The van der Waals surface area contributed by atoms with Crippen LogP contribution in [0.15, 0.2) is 66.2 Å². The number of carbonyl (C=O) groups is 1. The number of hydrogen-bond acceptors (Lipinski definition) is 8. The second-order valence-electron chi connectivity index (χ2n) is 9.10. The first-order valence-corrected chi connectivity index (χ1v) is 13.7. The molecule has 1 fully saturated rings. The lowest BCUT2D eigenvalue weighted by molar-refractivity contribution is 0.0943. The molecule has 0 unspecified atom stereocenters. The Morgan fingerprint density at radius 2 is 1.83 bits per heavy atom. The van der Waals surface area contributed by atoms with Crippen molar-refractivity contribution in [3.05, 3.63) is 66.9 Å². The summed E-state index contributed by atoms with van der Waals surface area (Å²) in [4.78, 5) is 25.4. The van der Waals surface area contributed by atoms with Crippen LogP contribution in [0.2, 0.25) is 0 Å². The zero-order chi connectivity index (χ0) is 25.1. The van der Waals surface area contributed by atoms with E-state index in [0.717, 1.165) is 42.6 Å². The van der Waals surface area contributed by atoms with Gasteiger partial charge in [-0.2, -0.15) is 5.10 Å². The number of carbonyl (C=O) groups excluding carboxylic acids is 1. The summed E-state index contributed by atoms with van der Waals surface area (Å²) >= 11 is 0. The molecular weight excluding hydrogens is 478 g/mol. The lowest BCUT2D eigenvalue weighted by Gasteiger charge is -2.29. The third kappa shape index (κ3) is 5.20. The number of hydrogen-bond donors (Lipinski definition) is 2. The van der Waals surface area contributed by atoms with Crippen LogP contribution in [-0.2, 0) is 9.84 Å². The minimum Gasteiger partial charge on any atom is -0.367 e. The van der Waals surface area contributed by atoms with Gasteiger partial charge in [0.15, 0.2) is 15.5 Å².